The number of hydrogen-bond acceptors (Lipinski definition) is 7. The van der Waals surface area contributed by atoms with Crippen LogP contribution < -0.4 is 20.7 Å². The lowest BCUT2D eigenvalue weighted by molar-refractivity contribution is -0.0946. The first-order chi connectivity index (χ1) is 21.4. The third-order valence-electron chi connectivity index (χ3n) is 7.95. The highest BCUT2D eigenvalue weighted by molar-refractivity contribution is 5.49. The van der Waals surface area contributed by atoms with Gasteiger partial charge in [-0.15, -0.1) is 12.3 Å². The molecule has 0 spiro atoms. The molecule has 0 radical (unpaired) electrons. The van der Waals surface area contributed by atoms with E-state index in [-0.39, 0.29) is 19.6 Å². The molecule has 0 unspecified atom stereocenters. The second-order valence-electron chi connectivity index (χ2n) is 10.6. The average Bonchev–Trinajstić information content (AvgIpc) is 3.43. The maximum atomic E-state index is 13.2. The number of aliphatic hydroxyl groups is 1. The number of benzene rings is 3. The molecule has 0 bridgehead atoms. The summed E-state index contributed by atoms with van der Waals surface area (Å²) < 4.78 is 26.4. The lowest BCUT2D eigenvalue weighted by Gasteiger charge is -2.37. The van der Waals surface area contributed by atoms with Crippen LogP contribution in [0.4, 0.5) is 0 Å². The van der Waals surface area contributed by atoms with Gasteiger partial charge in [-0.25, -0.2) is 4.79 Å². The highest BCUT2D eigenvalue weighted by atomic mass is 16.6. The van der Waals surface area contributed by atoms with Gasteiger partial charge in [0.05, 0.1) is 26.9 Å². The third-order valence-corrected chi connectivity index (χ3v) is 7.95. The Labute approximate surface area is 256 Å². The standard InChI is InChI=1S/C35H36N2O7/c1-4-5-9-21-36-32(39)20-22-37(34(36)40)33-23-30(38)31(44-33)24-43-35(25-10-7-6-8-11-25,26-12-16-28(41-2)17-13-26)27-14-18-29(42-3)19-15-27/h1,6-8,10-20,22,30-31,33,38H,5,9,21,23-24H2,2-3H3/t30-,31-,33-/m1/s1. The van der Waals surface area contributed by atoms with Crippen molar-refractivity contribution in [2.45, 2.75) is 49.8 Å². The number of methoxy groups -OCH3 is 2. The normalized spacial score (nSPS) is 18.1. The van der Waals surface area contributed by atoms with E-state index in [0.29, 0.717) is 24.3 Å². The van der Waals surface area contributed by atoms with E-state index in [1.807, 2.05) is 78.9 Å². The molecule has 5 rings (SSSR count). The summed E-state index contributed by atoms with van der Waals surface area (Å²) in [5.41, 5.74) is 0.538. The number of ether oxygens (including phenoxy) is 4. The van der Waals surface area contributed by atoms with Crippen LogP contribution in [0.3, 0.4) is 0 Å². The minimum atomic E-state index is -1.10. The van der Waals surface area contributed by atoms with Gasteiger partial charge < -0.3 is 24.1 Å². The average molecular weight is 597 g/mol. The number of aromatic nitrogens is 2. The van der Waals surface area contributed by atoms with E-state index in [0.717, 1.165) is 21.3 Å². The minimum Gasteiger partial charge on any atom is -0.497 e. The molecule has 9 heteroatoms. The molecule has 1 N–H and O–H groups in total. The van der Waals surface area contributed by atoms with Crippen LogP contribution in [0.25, 0.3) is 0 Å². The monoisotopic (exact) mass is 596 g/mol. The van der Waals surface area contributed by atoms with Crippen molar-refractivity contribution in [1.29, 1.82) is 0 Å². The summed E-state index contributed by atoms with van der Waals surface area (Å²) in [6.07, 6.45) is 5.38. The predicted molar refractivity (Wildman–Crippen MR) is 166 cm³/mol. The zero-order chi connectivity index (χ0) is 31.1. The van der Waals surface area contributed by atoms with Crippen molar-refractivity contribution in [3.05, 3.63) is 129 Å². The van der Waals surface area contributed by atoms with Crippen LogP contribution in [0.5, 0.6) is 11.5 Å². The molecular formula is C35H36N2O7. The molecule has 1 aliphatic heterocycles. The summed E-state index contributed by atoms with van der Waals surface area (Å²) >= 11 is 0. The first-order valence-corrected chi connectivity index (χ1v) is 14.5. The minimum absolute atomic E-state index is 0.00117. The third kappa shape index (κ3) is 6.19. The largest absolute Gasteiger partial charge is 0.497 e. The molecule has 9 nitrogen and oxygen atoms in total. The molecule has 1 aromatic heterocycles. The maximum absolute atomic E-state index is 13.2. The van der Waals surface area contributed by atoms with Crippen molar-refractivity contribution >= 4 is 0 Å². The molecule has 4 aromatic rings. The van der Waals surface area contributed by atoms with Crippen LogP contribution in [-0.4, -0.2) is 47.3 Å². The van der Waals surface area contributed by atoms with Gasteiger partial charge in [-0.1, -0.05) is 54.6 Å². The van der Waals surface area contributed by atoms with Gasteiger partial charge >= 0.3 is 5.69 Å². The fourth-order valence-corrected chi connectivity index (χ4v) is 5.61. The number of unbranched alkanes of at least 4 members (excludes halogenated alkanes) is 1. The fraction of sp³-hybridized carbons (Fsp3) is 0.314. The number of terminal acetylenes is 1. The Morgan fingerprint density at radius 3 is 2.07 bits per heavy atom. The molecule has 228 valence electrons. The summed E-state index contributed by atoms with van der Waals surface area (Å²) in [7, 11) is 3.23. The van der Waals surface area contributed by atoms with Crippen LogP contribution in [0.15, 0.2) is 101 Å². The Balaban J connectivity index is 1.49. The number of nitrogens with zero attached hydrogens (tertiary/aromatic N) is 2. The van der Waals surface area contributed by atoms with Gasteiger partial charge in [0, 0.05) is 31.6 Å². The van der Waals surface area contributed by atoms with Crippen LogP contribution in [-0.2, 0) is 21.6 Å². The Morgan fingerprint density at radius 2 is 1.50 bits per heavy atom. The first kappa shape index (κ1) is 30.8. The lowest BCUT2D eigenvalue weighted by atomic mass is 9.80. The summed E-state index contributed by atoms with van der Waals surface area (Å²) in [5.74, 6) is 3.93. The lowest BCUT2D eigenvalue weighted by Crippen LogP contribution is -2.40. The van der Waals surface area contributed by atoms with E-state index in [1.165, 1.54) is 16.8 Å². The van der Waals surface area contributed by atoms with Gasteiger partial charge in [0.25, 0.3) is 5.56 Å². The van der Waals surface area contributed by atoms with Gasteiger partial charge in [0.15, 0.2) is 0 Å². The topological polar surface area (TPSA) is 101 Å². The van der Waals surface area contributed by atoms with Crippen LogP contribution in [0.2, 0.25) is 0 Å². The molecule has 0 saturated carbocycles. The fourth-order valence-electron chi connectivity index (χ4n) is 5.61. The molecule has 3 atom stereocenters. The SMILES string of the molecule is C#CCCCn1c(=O)ccn([C@H]2C[C@@H](O)[C@@H](COC(c3ccccc3)(c3ccc(OC)cc3)c3ccc(OC)cc3)O2)c1=O. The van der Waals surface area contributed by atoms with E-state index >= 15 is 0 Å². The summed E-state index contributed by atoms with van der Waals surface area (Å²) in [6, 6.07) is 26.5. The van der Waals surface area contributed by atoms with Crippen LogP contribution in [0, 0.1) is 12.3 Å². The highest BCUT2D eigenvalue weighted by Crippen LogP contribution is 2.42. The van der Waals surface area contributed by atoms with Gasteiger partial charge in [-0.2, -0.15) is 0 Å². The molecule has 2 heterocycles. The van der Waals surface area contributed by atoms with E-state index < -0.39 is 35.3 Å². The number of hydrogen-bond donors (Lipinski definition) is 1. The summed E-state index contributed by atoms with van der Waals surface area (Å²) in [4.78, 5) is 25.6. The second kappa shape index (κ2) is 13.8. The number of rotatable bonds is 12. The second-order valence-corrected chi connectivity index (χ2v) is 10.6. The number of aliphatic hydroxyl groups excluding tert-OH is 1. The molecule has 3 aromatic carbocycles. The van der Waals surface area contributed by atoms with Crippen molar-refractivity contribution in [2.24, 2.45) is 0 Å². The zero-order valence-corrected chi connectivity index (χ0v) is 24.8. The van der Waals surface area contributed by atoms with Crippen molar-refractivity contribution in [2.75, 3.05) is 20.8 Å². The molecule has 44 heavy (non-hydrogen) atoms. The Hall–Kier alpha value is -4.62. The van der Waals surface area contributed by atoms with Gasteiger partial charge in [-0.05, 0) is 47.4 Å². The van der Waals surface area contributed by atoms with Crippen LogP contribution in [0.1, 0.15) is 42.2 Å². The quantitative estimate of drug-likeness (QED) is 0.149. The van der Waals surface area contributed by atoms with Crippen molar-refractivity contribution < 1.29 is 24.1 Å². The van der Waals surface area contributed by atoms with Crippen molar-refractivity contribution in [3.8, 4) is 23.8 Å². The van der Waals surface area contributed by atoms with E-state index in [1.54, 1.807) is 14.2 Å². The molecule has 0 amide bonds. The van der Waals surface area contributed by atoms with E-state index in [2.05, 4.69) is 5.92 Å². The van der Waals surface area contributed by atoms with Gasteiger partial charge in [0.1, 0.15) is 29.4 Å². The Kier molecular flexibility index (Phi) is 9.65. The van der Waals surface area contributed by atoms with Crippen molar-refractivity contribution in [1.82, 2.24) is 9.13 Å². The highest BCUT2D eigenvalue weighted by Gasteiger charge is 2.42. The molecular weight excluding hydrogens is 560 g/mol. The Morgan fingerprint density at radius 1 is 0.909 bits per heavy atom. The van der Waals surface area contributed by atoms with E-state index in [9.17, 15) is 14.7 Å². The summed E-state index contributed by atoms with van der Waals surface area (Å²) in [5, 5.41) is 11.1. The molecule has 0 aliphatic carbocycles. The van der Waals surface area contributed by atoms with E-state index in [4.69, 9.17) is 25.4 Å². The predicted octanol–water partition coefficient (Wildman–Crippen LogP) is 4.10. The van der Waals surface area contributed by atoms with Gasteiger partial charge in [-0.3, -0.25) is 13.9 Å². The summed E-state index contributed by atoms with van der Waals surface area (Å²) in [6.45, 7) is 0.203. The smallest absolute Gasteiger partial charge is 0.333 e. The van der Waals surface area contributed by atoms with Crippen molar-refractivity contribution in [3.63, 3.8) is 0 Å². The molecule has 1 aliphatic rings. The molecule has 1 fully saturated rings. The first-order valence-electron chi connectivity index (χ1n) is 14.5. The van der Waals surface area contributed by atoms with Crippen LogP contribution >= 0.6 is 0 Å². The zero-order valence-electron chi connectivity index (χ0n) is 24.8. The Bertz CT molecular complexity index is 1640. The molecule has 1 saturated heterocycles. The van der Waals surface area contributed by atoms with Gasteiger partial charge in [0.2, 0.25) is 0 Å². The maximum Gasteiger partial charge on any atom is 0.333 e.